The van der Waals surface area contributed by atoms with Crippen molar-refractivity contribution in [1.29, 1.82) is 0 Å². The van der Waals surface area contributed by atoms with Gasteiger partial charge in [-0.15, -0.1) is 0 Å². The lowest BCUT2D eigenvalue weighted by Gasteiger charge is -2.49. The fourth-order valence-electron chi connectivity index (χ4n) is 4.89. The van der Waals surface area contributed by atoms with E-state index in [-0.39, 0.29) is 5.92 Å². The molecule has 0 aromatic heterocycles. The number of aliphatic hydroxyl groups excluding tert-OH is 1. The number of carbonyl (C=O) groups is 1. The van der Waals surface area contributed by atoms with E-state index in [1.165, 1.54) is 32.1 Å². The average Bonchev–Trinajstić information content (AvgIpc) is 2.37. The van der Waals surface area contributed by atoms with Crippen LogP contribution >= 0.6 is 0 Å². The molecule has 0 aromatic carbocycles. The molecule has 2 N–H and O–H groups in total. The fraction of sp³-hybridized carbons (Fsp3) is 0.933. The van der Waals surface area contributed by atoms with Crippen LogP contribution < -0.4 is 0 Å². The molecule has 0 heterocycles. The van der Waals surface area contributed by atoms with Gasteiger partial charge < -0.3 is 10.2 Å². The summed E-state index contributed by atoms with van der Waals surface area (Å²) in [6, 6.07) is 0. The van der Waals surface area contributed by atoms with E-state index in [4.69, 9.17) is 0 Å². The van der Waals surface area contributed by atoms with Gasteiger partial charge in [-0.25, -0.2) is 0 Å². The van der Waals surface area contributed by atoms with Gasteiger partial charge in [0, 0.05) is 0 Å². The van der Waals surface area contributed by atoms with Crippen LogP contribution in [0.4, 0.5) is 0 Å². The van der Waals surface area contributed by atoms with E-state index in [1.54, 1.807) is 0 Å². The Labute approximate surface area is 109 Å². The maximum Gasteiger partial charge on any atom is 0.309 e. The number of hydrogen-bond acceptors (Lipinski definition) is 2. The molecule has 3 aliphatic carbocycles. The lowest BCUT2D eigenvalue weighted by Crippen LogP contribution is -2.47. The second-order valence-corrected chi connectivity index (χ2v) is 6.71. The standard InChI is InChI=1S/C15H24O3/c16-14-12(15(17)18)6-5-11-7-9-3-1-2-4-10(9)8-13(11)14/h9-14,16H,1-8H2,(H,17,18). The van der Waals surface area contributed by atoms with Crippen molar-refractivity contribution in [3.63, 3.8) is 0 Å². The Bertz CT molecular complexity index is 328. The summed E-state index contributed by atoms with van der Waals surface area (Å²) < 4.78 is 0. The van der Waals surface area contributed by atoms with Gasteiger partial charge in [-0.3, -0.25) is 4.79 Å². The SMILES string of the molecule is O=C(O)C1CCC2CC3CCCCC3CC2C1O. The van der Waals surface area contributed by atoms with Crippen LogP contribution in [0.3, 0.4) is 0 Å². The zero-order valence-corrected chi connectivity index (χ0v) is 10.9. The first-order valence-electron chi connectivity index (χ1n) is 7.57. The van der Waals surface area contributed by atoms with E-state index in [0.717, 1.165) is 24.7 Å². The molecule has 0 radical (unpaired) electrons. The van der Waals surface area contributed by atoms with Crippen molar-refractivity contribution in [2.24, 2.45) is 29.6 Å². The summed E-state index contributed by atoms with van der Waals surface area (Å²) in [6.45, 7) is 0. The van der Waals surface area contributed by atoms with Crippen LogP contribution in [0.1, 0.15) is 51.4 Å². The molecular formula is C15H24O3. The third-order valence-corrected chi connectivity index (χ3v) is 5.87. The lowest BCUT2D eigenvalue weighted by molar-refractivity contribution is -0.153. The highest BCUT2D eigenvalue weighted by Crippen LogP contribution is 2.51. The molecule has 0 spiro atoms. The first-order valence-corrected chi connectivity index (χ1v) is 7.57. The molecule has 6 atom stereocenters. The molecule has 3 aliphatic rings. The fourth-order valence-corrected chi connectivity index (χ4v) is 4.89. The Kier molecular flexibility index (Phi) is 3.35. The molecule has 3 fully saturated rings. The molecule has 102 valence electrons. The van der Waals surface area contributed by atoms with Crippen molar-refractivity contribution >= 4 is 5.97 Å². The normalized spacial score (nSPS) is 48.1. The first-order chi connectivity index (χ1) is 8.66. The van der Waals surface area contributed by atoms with Gasteiger partial charge >= 0.3 is 5.97 Å². The Morgan fingerprint density at radius 1 is 0.889 bits per heavy atom. The zero-order valence-electron chi connectivity index (χ0n) is 10.9. The number of aliphatic carboxylic acids is 1. The van der Waals surface area contributed by atoms with Crippen LogP contribution in [0.5, 0.6) is 0 Å². The topological polar surface area (TPSA) is 57.5 Å². The maximum atomic E-state index is 11.2. The Morgan fingerprint density at radius 3 is 2.22 bits per heavy atom. The van der Waals surface area contributed by atoms with Gasteiger partial charge in [0.25, 0.3) is 0 Å². The molecule has 0 aromatic rings. The van der Waals surface area contributed by atoms with E-state index < -0.39 is 18.0 Å². The quantitative estimate of drug-likeness (QED) is 0.754. The second kappa shape index (κ2) is 4.84. The van der Waals surface area contributed by atoms with Gasteiger partial charge in [0.2, 0.25) is 0 Å². The summed E-state index contributed by atoms with van der Waals surface area (Å²) in [5, 5.41) is 19.5. The highest BCUT2D eigenvalue weighted by Gasteiger charge is 2.47. The molecule has 3 rings (SSSR count). The van der Waals surface area contributed by atoms with Crippen molar-refractivity contribution in [1.82, 2.24) is 0 Å². The van der Waals surface area contributed by atoms with Crippen LogP contribution in [0.25, 0.3) is 0 Å². The number of carboxylic acid groups (broad SMARTS) is 1. The van der Waals surface area contributed by atoms with Gasteiger partial charge in [-0.05, 0) is 49.4 Å². The lowest BCUT2D eigenvalue weighted by atomic mass is 9.57. The number of hydrogen-bond donors (Lipinski definition) is 2. The molecule has 18 heavy (non-hydrogen) atoms. The van der Waals surface area contributed by atoms with Crippen molar-refractivity contribution in [3.8, 4) is 0 Å². The van der Waals surface area contributed by atoms with E-state index in [0.29, 0.717) is 12.3 Å². The third kappa shape index (κ3) is 2.07. The molecule has 6 unspecified atom stereocenters. The summed E-state index contributed by atoms with van der Waals surface area (Å²) in [4.78, 5) is 11.2. The predicted molar refractivity (Wildman–Crippen MR) is 68.0 cm³/mol. The van der Waals surface area contributed by atoms with E-state index in [9.17, 15) is 15.0 Å². The van der Waals surface area contributed by atoms with Gasteiger partial charge in [0.05, 0.1) is 12.0 Å². The minimum absolute atomic E-state index is 0.263. The predicted octanol–water partition coefficient (Wildman–Crippen LogP) is 2.67. The highest BCUT2D eigenvalue weighted by atomic mass is 16.4. The minimum Gasteiger partial charge on any atom is -0.481 e. The van der Waals surface area contributed by atoms with Gasteiger partial charge in [0.15, 0.2) is 0 Å². The minimum atomic E-state index is -0.799. The van der Waals surface area contributed by atoms with Crippen LogP contribution in [-0.4, -0.2) is 22.3 Å². The average molecular weight is 252 g/mol. The Balaban J connectivity index is 1.72. The van der Waals surface area contributed by atoms with Crippen molar-refractivity contribution in [3.05, 3.63) is 0 Å². The summed E-state index contributed by atoms with van der Waals surface area (Å²) in [6.07, 6.45) is 8.81. The van der Waals surface area contributed by atoms with E-state index >= 15 is 0 Å². The van der Waals surface area contributed by atoms with Crippen molar-refractivity contribution < 1.29 is 15.0 Å². The molecular weight excluding hydrogens is 228 g/mol. The molecule has 0 bridgehead atoms. The van der Waals surface area contributed by atoms with Crippen molar-refractivity contribution in [2.75, 3.05) is 0 Å². The van der Waals surface area contributed by atoms with Crippen LogP contribution in [0, 0.1) is 29.6 Å². The summed E-state index contributed by atoms with van der Waals surface area (Å²) in [5.41, 5.74) is 0. The summed E-state index contributed by atoms with van der Waals surface area (Å²) in [7, 11) is 0. The molecule has 3 nitrogen and oxygen atoms in total. The maximum absolute atomic E-state index is 11.2. The summed E-state index contributed by atoms with van der Waals surface area (Å²) in [5.74, 6) is 1.18. The number of carboxylic acids is 1. The molecule has 0 amide bonds. The smallest absolute Gasteiger partial charge is 0.309 e. The first kappa shape index (κ1) is 12.5. The third-order valence-electron chi connectivity index (χ3n) is 5.87. The van der Waals surface area contributed by atoms with Gasteiger partial charge in [-0.1, -0.05) is 25.7 Å². The van der Waals surface area contributed by atoms with Crippen LogP contribution in [-0.2, 0) is 4.79 Å². The number of fused-ring (bicyclic) bond motifs is 2. The number of aliphatic hydroxyl groups is 1. The summed E-state index contributed by atoms with van der Waals surface area (Å²) >= 11 is 0. The van der Waals surface area contributed by atoms with Gasteiger partial charge in [0.1, 0.15) is 0 Å². The second-order valence-electron chi connectivity index (χ2n) is 6.71. The molecule has 0 saturated heterocycles. The van der Waals surface area contributed by atoms with Crippen LogP contribution in [0.2, 0.25) is 0 Å². The van der Waals surface area contributed by atoms with E-state index in [2.05, 4.69) is 0 Å². The number of rotatable bonds is 1. The largest absolute Gasteiger partial charge is 0.481 e. The highest BCUT2D eigenvalue weighted by molar-refractivity contribution is 5.70. The molecule has 3 saturated carbocycles. The Morgan fingerprint density at radius 2 is 1.56 bits per heavy atom. The molecule has 0 aliphatic heterocycles. The zero-order chi connectivity index (χ0) is 12.7. The Hall–Kier alpha value is -0.570. The van der Waals surface area contributed by atoms with Crippen LogP contribution in [0.15, 0.2) is 0 Å². The monoisotopic (exact) mass is 252 g/mol. The van der Waals surface area contributed by atoms with Crippen molar-refractivity contribution in [2.45, 2.75) is 57.5 Å². The molecule has 3 heteroatoms. The van der Waals surface area contributed by atoms with Gasteiger partial charge in [-0.2, -0.15) is 0 Å². The van der Waals surface area contributed by atoms with E-state index in [1.807, 2.05) is 0 Å².